The second-order valence-electron chi connectivity index (χ2n) is 7.63. The highest BCUT2D eigenvalue weighted by atomic mass is 35.5. The number of rotatable bonds is 7. The van der Waals surface area contributed by atoms with Crippen molar-refractivity contribution in [3.05, 3.63) is 75.7 Å². The van der Waals surface area contributed by atoms with Gasteiger partial charge in [0.1, 0.15) is 16.6 Å². The average molecular weight is 497 g/mol. The first-order chi connectivity index (χ1) is 16.1. The molecule has 4 aromatic rings. The van der Waals surface area contributed by atoms with Gasteiger partial charge >= 0.3 is 0 Å². The van der Waals surface area contributed by atoms with E-state index in [1.807, 2.05) is 63.3 Å². The molecule has 1 unspecified atom stereocenters. The van der Waals surface area contributed by atoms with Crippen molar-refractivity contribution in [3.8, 4) is 11.3 Å². The molecule has 0 saturated heterocycles. The maximum atomic E-state index is 10.9. The first-order valence-electron chi connectivity index (χ1n) is 10.3. The Hall–Kier alpha value is -2.88. The summed E-state index contributed by atoms with van der Waals surface area (Å²) in [5, 5.41) is 31.8. The van der Waals surface area contributed by atoms with Gasteiger partial charge in [-0.25, -0.2) is 4.98 Å². The molecule has 1 atom stereocenters. The Kier molecular flexibility index (Phi) is 6.09. The minimum atomic E-state index is -0.197. The van der Waals surface area contributed by atoms with Crippen LogP contribution in [0.15, 0.2) is 59.8 Å². The number of hydrogen-bond acceptors (Lipinski definition) is 7. The summed E-state index contributed by atoms with van der Waals surface area (Å²) in [6, 6.07) is 13.1. The molecule has 1 aliphatic heterocycles. The van der Waals surface area contributed by atoms with E-state index in [4.69, 9.17) is 22.0 Å². The van der Waals surface area contributed by atoms with Crippen molar-refractivity contribution in [1.82, 2.24) is 24.5 Å². The SMILES string of the molecule is CSCCC(c1nnc2ccccn12)N1CC(O)=C(c2nc(-c3ccc(Cl)cc3)cs2)C1=N. The van der Waals surface area contributed by atoms with Crippen LogP contribution in [0.4, 0.5) is 0 Å². The van der Waals surface area contributed by atoms with Crippen LogP contribution in [0.3, 0.4) is 0 Å². The third-order valence-electron chi connectivity index (χ3n) is 5.60. The number of aliphatic hydroxyl groups is 1. The number of thioether (sulfide) groups is 1. The van der Waals surface area contributed by atoms with Gasteiger partial charge in [-0.3, -0.25) is 9.81 Å². The number of hydrogen-bond donors (Lipinski definition) is 2. The highest BCUT2D eigenvalue weighted by Gasteiger charge is 2.36. The third-order valence-corrected chi connectivity index (χ3v) is 7.36. The van der Waals surface area contributed by atoms with Gasteiger partial charge in [0.25, 0.3) is 0 Å². The highest BCUT2D eigenvalue weighted by molar-refractivity contribution is 7.98. The number of aliphatic hydroxyl groups excluding tert-OH is 1. The van der Waals surface area contributed by atoms with Gasteiger partial charge in [0.05, 0.1) is 23.9 Å². The van der Waals surface area contributed by atoms with Crippen molar-refractivity contribution in [3.63, 3.8) is 0 Å². The zero-order valence-corrected chi connectivity index (χ0v) is 20.2. The van der Waals surface area contributed by atoms with Crippen molar-refractivity contribution >= 4 is 51.8 Å². The monoisotopic (exact) mass is 496 g/mol. The second kappa shape index (κ2) is 9.17. The molecule has 3 aromatic heterocycles. The normalized spacial score (nSPS) is 15.1. The lowest BCUT2D eigenvalue weighted by Crippen LogP contribution is -2.33. The summed E-state index contributed by atoms with van der Waals surface area (Å²) in [5.74, 6) is 2.06. The average Bonchev–Trinajstić information content (AvgIpc) is 3.53. The van der Waals surface area contributed by atoms with E-state index in [1.54, 1.807) is 11.8 Å². The van der Waals surface area contributed by atoms with E-state index in [2.05, 4.69) is 16.5 Å². The maximum absolute atomic E-state index is 10.9. The Morgan fingerprint density at radius 1 is 1.21 bits per heavy atom. The molecule has 0 amide bonds. The Labute approximate surface area is 204 Å². The Bertz CT molecular complexity index is 1350. The number of aromatic nitrogens is 4. The summed E-state index contributed by atoms with van der Waals surface area (Å²) >= 11 is 9.16. The molecule has 0 aliphatic carbocycles. The molecule has 33 heavy (non-hydrogen) atoms. The zero-order valence-electron chi connectivity index (χ0n) is 17.8. The molecule has 7 nitrogen and oxygen atoms in total. The quantitative estimate of drug-likeness (QED) is 0.348. The van der Waals surface area contributed by atoms with Gasteiger partial charge in [-0.05, 0) is 42.7 Å². The lowest BCUT2D eigenvalue weighted by molar-refractivity contribution is 0.283. The van der Waals surface area contributed by atoms with Gasteiger partial charge in [0, 0.05) is 22.2 Å². The molecule has 168 valence electrons. The fourth-order valence-corrected chi connectivity index (χ4v) is 5.45. The van der Waals surface area contributed by atoms with Crippen LogP contribution in [0.2, 0.25) is 5.02 Å². The standard InChI is InChI=1S/C23H21ClN6OS2/c1-32-11-9-17(22-28-27-19-4-2-3-10-29(19)22)30-12-18(31)20(21(30)25)23-26-16(13-33-23)14-5-7-15(24)8-6-14/h2-8,10,13,17,25,31H,9,11-12H2,1H3. The largest absolute Gasteiger partial charge is 0.510 e. The Balaban J connectivity index is 1.46. The molecular weight excluding hydrogens is 476 g/mol. The zero-order chi connectivity index (χ0) is 22.9. The molecule has 0 saturated carbocycles. The topological polar surface area (TPSA) is 90.4 Å². The number of halogens is 1. The van der Waals surface area contributed by atoms with Crippen LogP contribution in [-0.2, 0) is 0 Å². The first-order valence-corrected chi connectivity index (χ1v) is 13.0. The van der Waals surface area contributed by atoms with Crippen LogP contribution in [0, 0.1) is 5.41 Å². The van der Waals surface area contributed by atoms with Crippen LogP contribution in [-0.4, -0.2) is 54.0 Å². The van der Waals surface area contributed by atoms with Crippen molar-refractivity contribution in [2.45, 2.75) is 12.5 Å². The van der Waals surface area contributed by atoms with Crippen LogP contribution in [0.5, 0.6) is 0 Å². The molecule has 10 heteroatoms. The lowest BCUT2D eigenvalue weighted by Gasteiger charge is -2.28. The van der Waals surface area contributed by atoms with Crippen LogP contribution in [0.25, 0.3) is 22.5 Å². The number of fused-ring (bicyclic) bond motifs is 1. The molecule has 4 heterocycles. The second-order valence-corrected chi connectivity index (χ2v) is 9.91. The summed E-state index contributed by atoms with van der Waals surface area (Å²) in [6.45, 7) is 0.241. The fraction of sp³-hybridized carbons (Fsp3) is 0.217. The molecule has 5 rings (SSSR count). The van der Waals surface area contributed by atoms with Gasteiger partial charge in [0.15, 0.2) is 11.5 Å². The number of benzene rings is 1. The smallest absolute Gasteiger partial charge is 0.160 e. The van der Waals surface area contributed by atoms with E-state index >= 15 is 0 Å². The van der Waals surface area contributed by atoms with Crippen LogP contribution in [0.1, 0.15) is 23.3 Å². The molecule has 0 spiro atoms. The summed E-state index contributed by atoms with van der Waals surface area (Å²) in [5.41, 5.74) is 2.97. The lowest BCUT2D eigenvalue weighted by atomic mass is 10.1. The van der Waals surface area contributed by atoms with Crippen LogP contribution >= 0.6 is 34.7 Å². The van der Waals surface area contributed by atoms with E-state index in [0.717, 1.165) is 34.9 Å². The Morgan fingerprint density at radius 2 is 2.03 bits per heavy atom. The number of amidine groups is 1. The molecule has 0 fully saturated rings. The van der Waals surface area contributed by atoms with E-state index in [-0.39, 0.29) is 24.2 Å². The summed E-state index contributed by atoms with van der Waals surface area (Å²) in [4.78, 5) is 6.61. The third kappa shape index (κ3) is 4.12. The van der Waals surface area contributed by atoms with Gasteiger partial charge < -0.3 is 10.0 Å². The van der Waals surface area contributed by atoms with E-state index in [9.17, 15) is 5.11 Å². The van der Waals surface area contributed by atoms with Gasteiger partial charge in [0.2, 0.25) is 0 Å². The van der Waals surface area contributed by atoms with Gasteiger partial charge in [-0.2, -0.15) is 11.8 Å². The fourth-order valence-electron chi connectivity index (χ4n) is 3.97. The molecule has 2 N–H and O–H groups in total. The minimum absolute atomic E-state index is 0.153. The molecule has 1 aromatic carbocycles. The van der Waals surface area contributed by atoms with Crippen molar-refractivity contribution in [1.29, 1.82) is 5.41 Å². The van der Waals surface area contributed by atoms with E-state index in [1.165, 1.54) is 11.3 Å². The van der Waals surface area contributed by atoms with Crippen LogP contribution < -0.4 is 0 Å². The first kappa shape index (κ1) is 21.9. The van der Waals surface area contributed by atoms with Gasteiger partial charge in [-0.1, -0.05) is 29.8 Å². The van der Waals surface area contributed by atoms with Crippen molar-refractivity contribution in [2.24, 2.45) is 0 Å². The van der Waals surface area contributed by atoms with Crippen molar-refractivity contribution < 1.29 is 5.11 Å². The molecule has 0 radical (unpaired) electrons. The predicted molar refractivity (Wildman–Crippen MR) is 135 cm³/mol. The number of pyridine rings is 1. The number of nitrogens with zero attached hydrogens (tertiary/aromatic N) is 5. The number of nitrogens with one attached hydrogen (secondary N) is 1. The van der Waals surface area contributed by atoms with Gasteiger partial charge in [-0.15, -0.1) is 21.5 Å². The maximum Gasteiger partial charge on any atom is 0.160 e. The molecule has 1 aliphatic rings. The van der Waals surface area contributed by atoms with E-state index < -0.39 is 0 Å². The molecule has 0 bridgehead atoms. The molecular formula is C23H21ClN6OS2. The summed E-state index contributed by atoms with van der Waals surface area (Å²) < 4.78 is 1.95. The van der Waals surface area contributed by atoms with E-state index in [0.29, 0.717) is 15.6 Å². The summed E-state index contributed by atoms with van der Waals surface area (Å²) in [7, 11) is 0. The highest BCUT2D eigenvalue weighted by Crippen LogP contribution is 2.37. The Morgan fingerprint density at radius 3 is 2.82 bits per heavy atom. The summed E-state index contributed by atoms with van der Waals surface area (Å²) in [6.07, 6.45) is 4.76. The minimum Gasteiger partial charge on any atom is -0.510 e. The van der Waals surface area contributed by atoms with Crippen molar-refractivity contribution in [2.75, 3.05) is 18.6 Å². The number of thiazole rings is 1. The predicted octanol–water partition coefficient (Wildman–Crippen LogP) is 5.56.